The molecular weight excluding hydrogens is 560 g/mol. The van der Waals surface area contributed by atoms with E-state index in [9.17, 15) is 18.0 Å². The van der Waals surface area contributed by atoms with Crippen molar-refractivity contribution in [2.75, 3.05) is 45.9 Å². The molecule has 12 nitrogen and oxygen atoms in total. The van der Waals surface area contributed by atoms with Crippen LogP contribution in [0.1, 0.15) is 58.6 Å². The van der Waals surface area contributed by atoms with Crippen LogP contribution in [0, 0.1) is 0 Å². The lowest BCUT2D eigenvalue weighted by atomic mass is 10.1. The molecule has 1 aliphatic rings. The van der Waals surface area contributed by atoms with E-state index < -0.39 is 10.0 Å². The Hall–Kier alpha value is -3.29. The van der Waals surface area contributed by atoms with Crippen LogP contribution in [0.4, 0.5) is 0 Å². The number of hydrogen-bond acceptors (Lipinski definition) is 9. The number of aryl methyl sites for hydroxylation is 2. The zero-order valence-corrected chi connectivity index (χ0v) is 25.8. The van der Waals surface area contributed by atoms with Crippen LogP contribution in [0.25, 0.3) is 22.4 Å². The van der Waals surface area contributed by atoms with Gasteiger partial charge in [-0.1, -0.05) is 33.1 Å². The van der Waals surface area contributed by atoms with Gasteiger partial charge in [0, 0.05) is 46.2 Å². The number of nitrogens with one attached hydrogen (secondary N) is 1. The fourth-order valence-electron chi connectivity index (χ4n) is 5.14. The molecule has 3 aromatic rings. The molecule has 1 N–H and O–H groups in total. The predicted molar refractivity (Wildman–Crippen MR) is 160 cm³/mol. The first-order valence-corrected chi connectivity index (χ1v) is 16.2. The number of sulfonamides is 1. The van der Waals surface area contributed by atoms with Crippen molar-refractivity contribution in [3.8, 4) is 17.1 Å². The molecule has 0 bridgehead atoms. The van der Waals surface area contributed by atoms with Crippen LogP contribution in [0.5, 0.6) is 5.75 Å². The third-order valence-corrected chi connectivity index (χ3v) is 9.27. The van der Waals surface area contributed by atoms with Gasteiger partial charge >= 0.3 is 5.97 Å². The van der Waals surface area contributed by atoms with Gasteiger partial charge in [0.25, 0.3) is 5.56 Å². The van der Waals surface area contributed by atoms with Crippen LogP contribution in [-0.4, -0.2) is 89.3 Å². The predicted octanol–water partition coefficient (Wildman–Crippen LogP) is 3.10. The number of aromatic nitrogens is 4. The molecule has 230 valence electrons. The molecule has 0 unspecified atom stereocenters. The van der Waals surface area contributed by atoms with Crippen LogP contribution in [0.2, 0.25) is 0 Å². The molecule has 2 aromatic heterocycles. The molecule has 42 heavy (non-hydrogen) atoms. The zero-order valence-electron chi connectivity index (χ0n) is 25.0. The number of unbranched alkanes of at least 4 members (excludes halogenated alkanes) is 2. The molecule has 1 aromatic carbocycles. The zero-order chi connectivity index (χ0) is 30.3. The molecule has 13 heteroatoms. The average Bonchev–Trinajstić information content (AvgIpc) is 3.29. The van der Waals surface area contributed by atoms with Gasteiger partial charge in [-0.25, -0.2) is 13.4 Å². The maximum Gasteiger partial charge on any atom is 0.305 e. The largest absolute Gasteiger partial charge is 0.493 e. The first-order valence-electron chi connectivity index (χ1n) is 14.8. The van der Waals surface area contributed by atoms with Crippen LogP contribution < -0.4 is 10.3 Å². The monoisotopic (exact) mass is 602 g/mol. The number of piperazine rings is 1. The topological polar surface area (TPSA) is 140 Å². The first-order chi connectivity index (χ1) is 20.2. The highest BCUT2D eigenvalue weighted by atomic mass is 32.2. The molecule has 0 saturated carbocycles. The lowest BCUT2D eigenvalue weighted by Crippen LogP contribution is -2.49. The second kappa shape index (κ2) is 14.3. The van der Waals surface area contributed by atoms with Crippen LogP contribution in [0.15, 0.2) is 27.9 Å². The standard InChI is InChI=1S/C29H42N6O6S/c1-5-8-9-11-25(36)41-19-18-34-14-16-35(17-15-34)42(38,39)21-12-13-24(40-7-3)22(20-21)28-30-26-23(10-6-2)32-33(4)27(26)29(37)31-28/h12-13,20H,5-11,14-19H2,1-4H3,(H,30,31,37). The Morgan fingerprint density at radius 3 is 2.52 bits per heavy atom. The van der Waals surface area contributed by atoms with Gasteiger partial charge in [-0.2, -0.15) is 9.40 Å². The van der Waals surface area contributed by atoms with Crippen molar-refractivity contribution >= 4 is 27.0 Å². The molecule has 4 rings (SSSR count). The number of benzene rings is 1. The van der Waals surface area contributed by atoms with Gasteiger partial charge in [-0.15, -0.1) is 0 Å². The minimum Gasteiger partial charge on any atom is -0.493 e. The molecule has 0 radical (unpaired) electrons. The fourth-order valence-corrected chi connectivity index (χ4v) is 6.59. The number of carbonyl (C=O) groups excluding carboxylic acids is 1. The van der Waals surface area contributed by atoms with Crippen molar-refractivity contribution in [3.05, 3.63) is 34.2 Å². The minimum atomic E-state index is -3.83. The number of rotatable bonds is 14. The number of fused-ring (bicyclic) bond motifs is 1. The number of hydrogen-bond donors (Lipinski definition) is 1. The van der Waals surface area contributed by atoms with E-state index in [2.05, 4.69) is 21.9 Å². The highest BCUT2D eigenvalue weighted by molar-refractivity contribution is 7.89. The highest BCUT2D eigenvalue weighted by Gasteiger charge is 2.30. The number of aromatic amines is 1. The van der Waals surface area contributed by atoms with Crippen LogP contribution in [-0.2, 0) is 33.0 Å². The van der Waals surface area contributed by atoms with E-state index >= 15 is 0 Å². The number of carbonyl (C=O) groups is 1. The van der Waals surface area contributed by atoms with Crippen molar-refractivity contribution in [2.24, 2.45) is 7.05 Å². The summed E-state index contributed by atoms with van der Waals surface area (Å²) in [6, 6.07) is 4.65. The quantitative estimate of drug-likeness (QED) is 0.218. The summed E-state index contributed by atoms with van der Waals surface area (Å²) in [6.45, 7) is 8.86. The number of ether oxygens (including phenoxy) is 2. The molecule has 1 saturated heterocycles. The van der Waals surface area contributed by atoms with Gasteiger partial charge in [0.1, 0.15) is 23.7 Å². The summed E-state index contributed by atoms with van der Waals surface area (Å²) in [5, 5.41) is 4.47. The summed E-state index contributed by atoms with van der Waals surface area (Å²) < 4.78 is 41.5. The lowest BCUT2D eigenvalue weighted by Gasteiger charge is -2.33. The van der Waals surface area contributed by atoms with E-state index in [4.69, 9.17) is 14.5 Å². The molecule has 1 fully saturated rings. The third-order valence-electron chi connectivity index (χ3n) is 7.38. The van der Waals surface area contributed by atoms with E-state index in [0.29, 0.717) is 86.8 Å². The van der Waals surface area contributed by atoms with Gasteiger partial charge in [-0.3, -0.25) is 19.2 Å². The van der Waals surface area contributed by atoms with Crippen molar-refractivity contribution < 1.29 is 22.7 Å². The number of esters is 1. The second-order valence-corrected chi connectivity index (χ2v) is 12.4. The molecule has 0 atom stereocenters. The van der Waals surface area contributed by atoms with E-state index in [-0.39, 0.29) is 22.2 Å². The lowest BCUT2D eigenvalue weighted by molar-refractivity contribution is -0.144. The van der Waals surface area contributed by atoms with Gasteiger partial charge in [0.2, 0.25) is 10.0 Å². The Bertz CT molecular complexity index is 1540. The van der Waals surface area contributed by atoms with Crippen LogP contribution >= 0.6 is 0 Å². The molecule has 1 aliphatic heterocycles. The summed E-state index contributed by atoms with van der Waals surface area (Å²) in [4.78, 5) is 34.6. The molecule has 0 aliphatic carbocycles. The average molecular weight is 603 g/mol. The third kappa shape index (κ3) is 7.19. The van der Waals surface area contributed by atoms with Crippen LogP contribution in [0.3, 0.4) is 0 Å². The smallest absolute Gasteiger partial charge is 0.305 e. The van der Waals surface area contributed by atoms with Crippen molar-refractivity contribution in [2.45, 2.75) is 64.2 Å². The Labute approximate surface area is 247 Å². The summed E-state index contributed by atoms with van der Waals surface area (Å²) in [5.74, 6) is 0.470. The molecule has 0 spiro atoms. The molecule has 3 heterocycles. The van der Waals surface area contributed by atoms with E-state index in [1.807, 2.05) is 13.8 Å². The van der Waals surface area contributed by atoms with Crippen molar-refractivity contribution in [1.29, 1.82) is 0 Å². The summed E-state index contributed by atoms with van der Waals surface area (Å²) in [5.41, 5.74) is 1.62. The van der Waals surface area contributed by atoms with E-state index in [0.717, 1.165) is 25.7 Å². The Morgan fingerprint density at radius 1 is 1.07 bits per heavy atom. The van der Waals surface area contributed by atoms with Gasteiger partial charge in [0.05, 0.1) is 22.8 Å². The van der Waals surface area contributed by atoms with E-state index in [1.165, 1.54) is 21.1 Å². The molecule has 0 amide bonds. The maximum absolute atomic E-state index is 13.7. The van der Waals surface area contributed by atoms with Gasteiger partial charge < -0.3 is 14.5 Å². The summed E-state index contributed by atoms with van der Waals surface area (Å²) in [6.07, 6.45) is 4.83. The Morgan fingerprint density at radius 2 is 1.83 bits per heavy atom. The van der Waals surface area contributed by atoms with Crippen molar-refractivity contribution in [1.82, 2.24) is 29.0 Å². The molecular formula is C29H42N6O6S. The maximum atomic E-state index is 13.7. The van der Waals surface area contributed by atoms with Gasteiger partial charge in [0.15, 0.2) is 5.52 Å². The normalized spacial score (nSPS) is 14.9. The van der Waals surface area contributed by atoms with Crippen molar-refractivity contribution in [3.63, 3.8) is 0 Å². The number of nitrogens with zero attached hydrogens (tertiary/aromatic N) is 5. The van der Waals surface area contributed by atoms with Gasteiger partial charge in [-0.05, 0) is 38.0 Å². The SMILES string of the molecule is CCCCCC(=O)OCCN1CCN(S(=O)(=O)c2ccc(OCC)c(-c3nc4c(CCC)nn(C)c4c(=O)[nH]3)c2)CC1. The highest BCUT2D eigenvalue weighted by Crippen LogP contribution is 2.32. The second-order valence-electron chi connectivity index (χ2n) is 10.4. The first kappa shape index (κ1) is 31.6. The Balaban J connectivity index is 1.51. The summed E-state index contributed by atoms with van der Waals surface area (Å²) >= 11 is 0. The number of H-pyrrole nitrogens is 1. The van der Waals surface area contributed by atoms with E-state index in [1.54, 1.807) is 13.1 Å². The fraction of sp³-hybridized carbons (Fsp3) is 0.586. The minimum absolute atomic E-state index is 0.0955. The Kier molecular flexibility index (Phi) is 10.7. The summed E-state index contributed by atoms with van der Waals surface area (Å²) in [7, 11) is -2.12.